The minimum absolute atomic E-state index is 0.792. The monoisotopic (exact) mass is 307 g/mol. The van der Waals surface area contributed by atoms with Gasteiger partial charge in [-0.05, 0) is 63.0 Å². The zero-order valence-electron chi connectivity index (χ0n) is 13.2. The predicted molar refractivity (Wildman–Crippen MR) is 90.6 cm³/mol. The molecule has 2 fully saturated rings. The Morgan fingerprint density at radius 2 is 1.57 bits per heavy atom. The molecule has 1 N–H and O–H groups in total. The highest BCUT2D eigenvalue weighted by Gasteiger charge is 2.26. The van der Waals surface area contributed by atoms with Gasteiger partial charge in [0.05, 0.1) is 0 Å². The van der Waals surface area contributed by atoms with Crippen molar-refractivity contribution in [3.63, 3.8) is 0 Å². The Bertz CT molecular complexity index is 466. The van der Waals surface area contributed by atoms with Crippen molar-refractivity contribution in [2.24, 2.45) is 0 Å². The highest BCUT2D eigenvalue weighted by Crippen LogP contribution is 2.29. The number of aryl methyl sites for hydroxylation is 2. The van der Waals surface area contributed by atoms with Crippen LogP contribution in [0.5, 0.6) is 0 Å². The van der Waals surface area contributed by atoms with Crippen LogP contribution in [-0.2, 0) is 0 Å². The van der Waals surface area contributed by atoms with Gasteiger partial charge in [-0.2, -0.15) is 0 Å². The van der Waals surface area contributed by atoms with E-state index in [0.29, 0.717) is 0 Å². The Kier molecular flexibility index (Phi) is 4.72. The average molecular weight is 308 g/mol. The topological polar surface area (TPSA) is 18.5 Å². The van der Waals surface area contributed by atoms with E-state index < -0.39 is 0 Å². The molecular formula is C17H26ClN3. The van der Waals surface area contributed by atoms with Gasteiger partial charge in [-0.3, -0.25) is 4.90 Å². The van der Waals surface area contributed by atoms with Crippen molar-refractivity contribution in [1.82, 2.24) is 10.2 Å². The fourth-order valence-electron chi connectivity index (χ4n) is 3.88. The highest BCUT2D eigenvalue weighted by atomic mass is 35.5. The lowest BCUT2D eigenvalue weighted by Crippen LogP contribution is -2.53. The van der Waals surface area contributed by atoms with E-state index in [0.717, 1.165) is 24.2 Å². The third-order valence-electron chi connectivity index (χ3n) is 4.91. The Balaban J connectivity index is 1.65. The van der Waals surface area contributed by atoms with E-state index in [1.807, 2.05) is 0 Å². The number of hydrogen-bond acceptors (Lipinski definition) is 3. The molecular weight excluding hydrogens is 282 g/mol. The van der Waals surface area contributed by atoms with Gasteiger partial charge in [-0.1, -0.05) is 11.6 Å². The molecule has 0 radical (unpaired) electrons. The molecule has 0 bridgehead atoms. The normalized spacial score (nSPS) is 21.8. The zero-order chi connectivity index (χ0) is 14.8. The summed E-state index contributed by atoms with van der Waals surface area (Å²) in [6.45, 7) is 11.3. The first kappa shape index (κ1) is 15.1. The molecule has 4 heteroatoms. The molecule has 21 heavy (non-hydrogen) atoms. The predicted octanol–water partition coefficient (Wildman–Crippen LogP) is 2.83. The molecule has 2 heterocycles. The van der Waals surface area contributed by atoms with Crippen molar-refractivity contribution >= 4 is 17.3 Å². The van der Waals surface area contributed by atoms with E-state index in [-0.39, 0.29) is 0 Å². The molecule has 0 aliphatic carbocycles. The summed E-state index contributed by atoms with van der Waals surface area (Å²) in [5.74, 6) is 0. The first-order valence-electron chi connectivity index (χ1n) is 8.11. The maximum Gasteiger partial charge on any atom is 0.0427 e. The summed E-state index contributed by atoms with van der Waals surface area (Å²) in [5, 5.41) is 4.31. The molecule has 3 rings (SSSR count). The third-order valence-corrected chi connectivity index (χ3v) is 5.13. The lowest BCUT2D eigenvalue weighted by atomic mass is 10.0. The molecule has 116 valence electrons. The van der Waals surface area contributed by atoms with E-state index in [1.54, 1.807) is 0 Å². The second kappa shape index (κ2) is 6.55. The Hall–Kier alpha value is -0.770. The first-order chi connectivity index (χ1) is 10.1. The van der Waals surface area contributed by atoms with Crippen LogP contribution < -0.4 is 10.2 Å². The highest BCUT2D eigenvalue weighted by molar-refractivity contribution is 6.30. The van der Waals surface area contributed by atoms with Crippen LogP contribution in [0.25, 0.3) is 0 Å². The molecule has 1 aromatic rings. The second-order valence-electron chi connectivity index (χ2n) is 6.39. The van der Waals surface area contributed by atoms with E-state index in [2.05, 4.69) is 41.1 Å². The van der Waals surface area contributed by atoms with Gasteiger partial charge in [-0.25, -0.2) is 0 Å². The minimum Gasteiger partial charge on any atom is -0.369 e. The lowest BCUT2D eigenvalue weighted by molar-refractivity contribution is 0.153. The molecule has 0 amide bonds. The molecule has 0 aromatic heterocycles. The Labute approximate surface area is 133 Å². The number of benzene rings is 1. The van der Waals surface area contributed by atoms with E-state index in [4.69, 9.17) is 11.6 Å². The quantitative estimate of drug-likeness (QED) is 0.906. The van der Waals surface area contributed by atoms with E-state index in [1.165, 1.54) is 55.8 Å². The van der Waals surface area contributed by atoms with Crippen molar-refractivity contribution in [2.45, 2.75) is 32.7 Å². The largest absolute Gasteiger partial charge is 0.369 e. The number of piperazine rings is 1. The van der Waals surface area contributed by atoms with E-state index >= 15 is 0 Å². The molecule has 0 unspecified atom stereocenters. The molecule has 0 atom stereocenters. The maximum atomic E-state index is 6.15. The van der Waals surface area contributed by atoms with Crippen LogP contribution in [0.2, 0.25) is 5.02 Å². The van der Waals surface area contributed by atoms with Crippen molar-refractivity contribution in [3.05, 3.63) is 28.3 Å². The average Bonchev–Trinajstić information content (AvgIpc) is 2.48. The Morgan fingerprint density at radius 3 is 2.14 bits per heavy atom. The second-order valence-corrected chi connectivity index (χ2v) is 6.83. The SMILES string of the molecule is Cc1cc(Cl)cc(C)c1N1CCN(C2CCNCC2)CC1. The molecule has 1 aromatic carbocycles. The minimum atomic E-state index is 0.792. The summed E-state index contributed by atoms with van der Waals surface area (Å²) in [5.41, 5.74) is 4.00. The van der Waals surface area contributed by atoms with Crippen LogP contribution in [0.4, 0.5) is 5.69 Å². The maximum absolute atomic E-state index is 6.15. The van der Waals surface area contributed by atoms with Gasteiger partial charge in [-0.15, -0.1) is 0 Å². The fourth-order valence-corrected chi connectivity index (χ4v) is 4.21. The van der Waals surface area contributed by atoms with Crippen LogP contribution in [0.1, 0.15) is 24.0 Å². The van der Waals surface area contributed by atoms with Crippen molar-refractivity contribution in [3.8, 4) is 0 Å². The molecule has 3 nitrogen and oxygen atoms in total. The molecule has 0 saturated carbocycles. The number of halogens is 1. The standard InChI is InChI=1S/C17H26ClN3/c1-13-11-15(18)12-14(2)17(13)21-9-7-20(8-10-21)16-3-5-19-6-4-16/h11-12,16,19H,3-10H2,1-2H3. The lowest BCUT2D eigenvalue weighted by Gasteiger charge is -2.42. The third kappa shape index (κ3) is 3.36. The number of rotatable bonds is 2. The molecule has 2 aliphatic heterocycles. The summed E-state index contributed by atoms with van der Waals surface area (Å²) in [7, 11) is 0. The van der Waals surface area contributed by atoms with E-state index in [9.17, 15) is 0 Å². The molecule has 0 spiro atoms. The number of piperidine rings is 1. The van der Waals surface area contributed by atoms with Crippen LogP contribution in [0.15, 0.2) is 12.1 Å². The van der Waals surface area contributed by atoms with Crippen molar-refractivity contribution in [2.75, 3.05) is 44.2 Å². The van der Waals surface area contributed by atoms with Crippen LogP contribution in [0.3, 0.4) is 0 Å². The summed E-state index contributed by atoms with van der Waals surface area (Å²) in [6.07, 6.45) is 2.61. The Morgan fingerprint density at radius 1 is 1.00 bits per heavy atom. The van der Waals surface area contributed by atoms with Crippen LogP contribution in [-0.4, -0.2) is 50.2 Å². The van der Waals surface area contributed by atoms with Gasteiger partial charge < -0.3 is 10.2 Å². The van der Waals surface area contributed by atoms with Crippen molar-refractivity contribution in [1.29, 1.82) is 0 Å². The van der Waals surface area contributed by atoms with Gasteiger partial charge in [0.15, 0.2) is 0 Å². The number of nitrogens with zero attached hydrogens (tertiary/aromatic N) is 2. The summed E-state index contributed by atoms with van der Waals surface area (Å²) in [4.78, 5) is 5.23. The summed E-state index contributed by atoms with van der Waals surface area (Å²) in [6, 6.07) is 4.97. The number of anilines is 1. The first-order valence-corrected chi connectivity index (χ1v) is 8.49. The van der Waals surface area contributed by atoms with Crippen LogP contribution in [0, 0.1) is 13.8 Å². The van der Waals surface area contributed by atoms with Gasteiger partial charge in [0, 0.05) is 42.9 Å². The molecule has 2 aliphatic rings. The number of nitrogens with one attached hydrogen (secondary N) is 1. The van der Waals surface area contributed by atoms with Gasteiger partial charge in [0.2, 0.25) is 0 Å². The van der Waals surface area contributed by atoms with Gasteiger partial charge in [0.1, 0.15) is 0 Å². The smallest absolute Gasteiger partial charge is 0.0427 e. The van der Waals surface area contributed by atoms with Crippen molar-refractivity contribution < 1.29 is 0 Å². The van der Waals surface area contributed by atoms with Gasteiger partial charge in [0.25, 0.3) is 0 Å². The summed E-state index contributed by atoms with van der Waals surface area (Å²) < 4.78 is 0. The van der Waals surface area contributed by atoms with Crippen LogP contribution >= 0.6 is 11.6 Å². The number of hydrogen-bond donors (Lipinski definition) is 1. The van der Waals surface area contributed by atoms with Gasteiger partial charge >= 0.3 is 0 Å². The zero-order valence-corrected chi connectivity index (χ0v) is 13.9. The fraction of sp³-hybridized carbons (Fsp3) is 0.647. The summed E-state index contributed by atoms with van der Waals surface area (Å²) >= 11 is 6.15. The molecule has 2 saturated heterocycles.